The number of hydrogen-bond acceptors (Lipinski definition) is 2. The third-order valence-electron chi connectivity index (χ3n) is 2.29. The fraction of sp³-hybridized carbons (Fsp3) is 0.500. The first-order valence-electron chi connectivity index (χ1n) is 5.21. The minimum absolute atomic E-state index is 0.885. The van der Waals surface area contributed by atoms with Crippen LogP contribution in [-0.4, -0.2) is 19.0 Å². The largest absolute Gasteiger partial charge is 0.380 e. The van der Waals surface area contributed by atoms with Gasteiger partial charge in [0.25, 0.3) is 0 Å². The van der Waals surface area contributed by atoms with Crippen LogP contribution in [0, 0.1) is 5.92 Å². The molecule has 0 radical (unpaired) electrons. The molecule has 0 saturated heterocycles. The monoisotopic (exact) mass is 208 g/mol. The normalized spacial score (nSPS) is 15.7. The molecule has 1 aromatic rings. The highest BCUT2D eigenvalue weighted by Crippen LogP contribution is 2.28. The first-order valence-corrected chi connectivity index (χ1v) is 6.19. The molecule has 0 aliphatic heterocycles. The minimum atomic E-state index is 0.885. The van der Waals surface area contributed by atoms with Crippen LogP contribution in [0.2, 0.25) is 0 Å². The highest BCUT2D eigenvalue weighted by atomic mass is 32.2. The van der Waals surface area contributed by atoms with Gasteiger partial charge in [-0.05, 0) is 30.9 Å². The molecule has 76 valence electrons. The van der Waals surface area contributed by atoms with Crippen LogP contribution in [0.1, 0.15) is 12.8 Å². The van der Waals surface area contributed by atoms with Gasteiger partial charge >= 0.3 is 0 Å². The third kappa shape index (κ3) is 3.72. The van der Waals surface area contributed by atoms with Crippen LogP contribution in [0.15, 0.2) is 35.2 Å². The van der Waals surface area contributed by atoms with Crippen molar-refractivity contribution in [3.63, 3.8) is 0 Å². The lowest BCUT2D eigenvalue weighted by Crippen LogP contribution is -2.00. The molecule has 1 nitrogen and oxygen atoms in total. The molecule has 0 unspecified atom stereocenters. The summed E-state index contributed by atoms with van der Waals surface area (Å²) in [5.74, 6) is 1.95. The average molecular weight is 208 g/mol. The molecule has 1 fully saturated rings. The summed E-state index contributed by atoms with van der Waals surface area (Å²) in [5.41, 5.74) is 0. The Kier molecular flexibility index (Phi) is 3.90. The van der Waals surface area contributed by atoms with Crippen LogP contribution in [0.25, 0.3) is 0 Å². The lowest BCUT2D eigenvalue weighted by atomic mass is 10.4. The standard InChI is InChI=1S/C12H16OS/c1-2-4-12(5-3-1)14-9-8-13-10-11-6-7-11/h1-5,11H,6-10H2. The quantitative estimate of drug-likeness (QED) is 0.524. The molecule has 0 spiro atoms. The summed E-state index contributed by atoms with van der Waals surface area (Å²) in [6.07, 6.45) is 2.76. The van der Waals surface area contributed by atoms with Gasteiger partial charge in [-0.3, -0.25) is 0 Å². The molecule has 0 heterocycles. The third-order valence-corrected chi connectivity index (χ3v) is 3.27. The zero-order valence-electron chi connectivity index (χ0n) is 8.32. The van der Waals surface area contributed by atoms with Crippen LogP contribution < -0.4 is 0 Å². The van der Waals surface area contributed by atoms with E-state index in [-0.39, 0.29) is 0 Å². The molecule has 1 aromatic carbocycles. The Labute approximate surface area is 89.9 Å². The second-order valence-corrected chi connectivity index (χ2v) is 4.85. The second kappa shape index (κ2) is 5.42. The second-order valence-electron chi connectivity index (χ2n) is 3.68. The van der Waals surface area contributed by atoms with Crippen LogP contribution in [0.3, 0.4) is 0 Å². The maximum atomic E-state index is 5.56. The molecule has 2 heteroatoms. The van der Waals surface area contributed by atoms with E-state index < -0.39 is 0 Å². The summed E-state index contributed by atoms with van der Waals surface area (Å²) < 4.78 is 5.56. The van der Waals surface area contributed by atoms with Crippen molar-refractivity contribution in [2.45, 2.75) is 17.7 Å². The van der Waals surface area contributed by atoms with Crippen molar-refractivity contribution in [2.75, 3.05) is 19.0 Å². The smallest absolute Gasteiger partial charge is 0.0560 e. The predicted molar refractivity (Wildman–Crippen MR) is 60.7 cm³/mol. The van der Waals surface area contributed by atoms with Crippen molar-refractivity contribution in [3.05, 3.63) is 30.3 Å². The minimum Gasteiger partial charge on any atom is -0.380 e. The van der Waals surface area contributed by atoms with Gasteiger partial charge in [-0.1, -0.05) is 18.2 Å². The van der Waals surface area contributed by atoms with Crippen molar-refractivity contribution in [2.24, 2.45) is 5.92 Å². The molecule has 0 aromatic heterocycles. The first-order chi connectivity index (χ1) is 6.95. The zero-order chi connectivity index (χ0) is 9.64. The maximum Gasteiger partial charge on any atom is 0.0560 e. The number of hydrogen-bond donors (Lipinski definition) is 0. The van der Waals surface area contributed by atoms with Gasteiger partial charge < -0.3 is 4.74 Å². The summed E-state index contributed by atoms with van der Waals surface area (Å²) >= 11 is 1.87. The molecule has 1 saturated carbocycles. The molecule has 0 bridgehead atoms. The topological polar surface area (TPSA) is 9.23 Å². The number of rotatable bonds is 6. The summed E-state index contributed by atoms with van der Waals surface area (Å²) in [6, 6.07) is 10.5. The van der Waals surface area contributed by atoms with E-state index in [0.29, 0.717) is 0 Å². The Balaban J connectivity index is 1.54. The van der Waals surface area contributed by atoms with E-state index in [2.05, 4.69) is 24.3 Å². The van der Waals surface area contributed by atoms with Crippen LogP contribution in [0.5, 0.6) is 0 Å². The highest BCUT2D eigenvalue weighted by molar-refractivity contribution is 7.99. The van der Waals surface area contributed by atoms with Crippen molar-refractivity contribution in [3.8, 4) is 0 Å². The molecule has 1 aliphatic carbocycles. The molecular formula is C12H16OS. The van der Waals surface area contributed by atoms with Crippen molar-refractivity contribution in [1.29, 1.82) is 0 Å². The van der Waals surface area contributed by atoms with Crippen LogP contribution in [0.4, 0.5) is 0 Å². The Hall–Kier alpha value is -0.470. The molecule has 0 atom stereocenters. The van der Waals surface area contributed by atoms with Gasteiger partial charge in [0, 0.05) is 17.3 Å². The van der Waals surface area contributed by atoms with Crippen LogP contribution in [-0.2, 0) is 4.74 Å². The Morgan fingerprint density at radius 3 is 2.71 bits per heavy atom. The van der Waals surface area contributed by atoms with E-state index >= 15 is 0 Å². The van der Waals surface area contributed by atoms with E-state index in [1.807, 2.05) is 17.8 Å². The van der Waals surface area contributed by atoms with Crippen LogP contribution >= 0.6 is 11.8 Å². The lowest BCUT2D eigenvalue weighted by Gasteiger charge is -2.02. The molecular weight excluding hydrogens is 192 g/mol. The average Bonchev–Trinajstić information content (AvgIpc) is 3.03. The van der Waals surface area contributed by atoms with E-state index in [4.69, 9.17) is 4.74 Å². The van der Waals surface area contributed by atoms with E-state index in [0.717, 1.165) is 24.9 Å². The SMILES string of the molecule is c1ccc(SCCOCC2CC2)cc1. The van der Waals surface area contributed by atoms with E-state index in [1.54, 1.807) is 0 Å². The lowest BCUT2D eigenvalue weighted by molar-refractivity contribution is 0.139. The predicted octanol–water partition coefficient (Wildman–Crippen LogP) is 3.21. The van der Waals surface area contributed by atoms with Gasteiger partial charge in [0.15, 0.2) is 0 Å². The highest BCUT2D eigenvalue weighted by Gasteiger charge is 2.20. The van der Waals surface area contributed by atoms with Crippen molar-refractivity contribution < 1.29 is 4.74 Å². The fourth-order valence-electron chi connectivity index (χ4n) is 1.27. The van der Waals surface area contributed by atoms with Gasteiger partial charge in [-0.2, -0.15) is 0 Å². The number of ether oxygens (including phenoxy) is 1. The number of benzene rings is 1. The Morgan fingerprint density at radius 2 is 2.00 bits per heavy atom. The van der Waals surface area contributed by atoms with Gasteiger partial charge in [-0.15, -0.1) is 11.8 Å². The fourth-order valence-corrected chi connectivity index (χ4v) is 2.06. The maximum absolute atomic E-state index is 5.56. The summed E-state index contributed by atoms with van der Waals surface area (Å²) in [4.78, 5) is 1.34. The van der Waals surface area contributed by atoms with Crippen molar-refractivity contribution >= 4 is 11.8 Å². The van der Waals surface area contributed by atoms with E-state index in [9.17, 15) is 0 Å². The van der Waals surface area contributed by atoms with Gasteiger partial charge in [0.05, 0.1) is 6.61 Å². The van der Waals surface area contributed by atoms with Gasteiger partial charge in [0.2, 0.25) is 0 Å². The Morgan fingerprint density at radius 1 is 1.21 bits per heavy atom. The van der Waals surface area contributed by atoms with Gasteiger partial charge in [0.1, 0.15) is 0 Å². The number of thioether (sulfide) groups is 1. The zero-order valence-corrected chi connectivity index (χ0v) is 9.13. The summed E-state index contributed by atoms with van der Waals surface area (Å²) in [7, 11) is 0. The first kappa shape index (κ1) is 10.1. The molecule has 0 amide bonds. The summed E-state index contributed by atoms with van der Waals surface area (Å²) in [6.45, 7) is 1.87. The van der Waals surface area contributed by atoms with Crippen molar-refractivity contribution in [1.82, 2.24) is 0 Å². The Bertz CT molecular complexity index is 256. The molecule has 0 N–H and O–H groups in total. The molecule has 1 aliphatic rings. The molecule has 2 rings (SSSR count). The summed E-state index contributed by atoms with van der Waals surface area (Å²) in [5, 5.41) is 0. The van der Waals surface area contributed by atoms with E-state index in [1.165, 1.54) is 17.7 Å². The molecule has 14 heavy (non-hydrogen) atoms. The van der Waals surface area contributed by atoms with Gasteiger partial charge in [-0.25, -0.2) is 0 Å².